The van der Waals surface area contributed by atoms with Crippen LogP contribution in [-0.2, 0) is 4.79 Å². The number of anilines is 1. The van der Waals surface area contributed by atoms with E-state index in [1.54, 1.807) is 30.3 Å². The lowest BCUT2D eigenvalue weighted by Crippen LogP contribution is -2.27. The molecule has 4 nitrogen and oxygen atoms in total. The topological polar surface area (TPSA) is 58.2 Å². The molecule has 21 heavy (non-hydrogen) atoms. The van der Waals surface area contributed by atoms with E-state index in [-0.39, 0.29) is 24.8 Å². The molecule has 7 heteroatoms. The van der Waals surface area contributed by atoms with Crippen LogP contribution < -0.4 is 10.6 Å². The summed E-state index contributed by atoms with van der Waals surface area (Å²) in [6.07, 6.45) is 0.153. The summed E-state index contributed by atoms with van der Waals surface area (Å²) in [6.45, 7) is 0.251. The van der Waals surface area contributed by atoms with Gasteiger partial charge in [-0.15, -0.1) is 11.3 Å². The molecule has 1 aromatic heterocycles. The molecule has 2 N–H and O–H groups in total. The summed E-state index contributed by atoms with van der Waals surface area (Å²) in [5.41, 5.74) is 0.457. The number of hydrogen-bond donors (Lipinski definition) is 2. The number of carbonyl (C=O) groups is 2. The van der Waals surface area contributed by atoms with Crippen LogP contribution in [0.5, 0.6) is 0 Å². The number of benzene rings is 1. The predicted octanol–water partition coefficient (Wildman–Crippen LogP) is 3.81. The summed E-state index contributed by atoms with van der Waals surface area (Å²) < 4.78 is 0. The molecule has 2 rings (SSSR count). The fourth-order valence-electron chi connectivity index (χ4n) is 1.60. The molecule has 0 saturated heterocycles. The van der Waals surface area contributed by atoms with E-state index < -0.39 is 0 Å². The van der Waals surface area contributed by atoms with E-state index in [1.165, 1.54) is 11.3 Å². The van der Waals surface area contributed by atoms with Crippen molar-refractivity contribution in [1.29, 1.82) is 0 Å². The molecule has 1 aromatic carbocycles. The van der Waals surface area contributed by atoms with Gasteiger partial charge in [-0.25, -0.2) is 0 Å². The molecule has 0 bridgehead atoms. The van der Waals surface area contributed by atoms with Crippen LogP contribution >= 0.6 is 34.5 Å². The van der Waals surface area contributed by atoms with Crippen molar-refractivity contribution < 1.29 is 9.59 Å². The Kier molecular flexibility index (Phi) is 5.61. The summed E-state index contributed by atoms with van der Waals surface area (Å²) in [6, 6.07) is 8.53. The van der Waals surface area contributed by atoms with Gasteiger partial charge >= 0.3 is 0 Å². The first-order chi connectivity index (χ1) is 10.1. The van der Waals surface area contributed by atoms with Gasteiger partial charge in [-0.2, -0.15) is 0 Å². The number of hydrogen-bond acceptors (Lipinski definition) is 3. The molecule has 1 heterocycles. The first-order valence-corrected chi connectivity index (χ1v) is 7.77. The van der Waals surface area contributed by atoms with Crippen molar-refractivity contribution in [3.8, 4) is 0 Å². The molecule has 0 spiro atoms. The fourth-order valence-corrected chi connectivity index (χ4v) is 2.59. The maximum atomic E-state index is 11.8. The minimum atomic E-state index is -0.245. The number of nitrogens with one attached hydrogen (secondary N) is 2. The van der Waals surface area contributed by atoms with Gasteiger partial charge in [0.1, 0.15) is 0 Å². The van der Waals surface area contributed by atoms with Crippen LogP contribution in [0.3, 0.4) is 0 Å². The zero-order valence-corrected chi connectivity index (χ0v) is 13.2. The molecule has 2 aromatic rings. The summed E-state index contributed by atoms with van der Waals surface area (Å²) in [5.74, 6) is -0.427. The number of thiophene rings is 1. The monoisotopic (exact) mass is 342 g/mol. The number of halogens is 2. The molecular weight excluding hydrogens is 331 g/mol. The zero-order chi connectivity index (χ0) is 15.2. The number of amides is 2. The van der Waals surface area contributed by atoms with E-state index in [1.807, 2.05) is 5.38 Å². The van der Waals surface area contributed by atoms with Crippen LogP contribution in [-0.4, -0.2) is 18.4 Å². The molecule has 0 fully saturated rings. The normalized spacial score (nSPS) is 10.2. The third-order valence-corrected chi connectivity index (χ3v) is 4.30. The zero-order valence-electron chi connectivity index (χ0n) is 10.9. The first-order valence-electron chi connectivity index (χ1n) is 6.13. The molecule has 0 unspecified atom stereocenters. The third kappa shape index (κ3) is 4.46. The Morgan fingerprint density at radius 2 is 1.95 bits per heavy atom. The lowest BCUT2D eigenvalue weighted by atomic mass is 10.3. The van der Waals surface area contributed by atoms with Crippen molar-refractivity contribution in [2.75, 3.05) is 11.9 Å². The summed E-state index contributed by atoms with van der Waals surface area (Å²) in [4.78, 5) is 24.1. The summed E-state index contributed by atoms with van der Waals surface area (Å²) >= 11 is 13.2. The lowest BCUT2D eigenvalue weighted by molar-refractivity contribution is -0.116. The lowest BCUT2D eigenvalue weighted by Gasteiger charge is -2.08. The molecule has 110 valence electrons. The molecule has 0 saturated carbocycles. The van der Waals surface area contributed by atoms with Crippen LogP contribution in [0.15, 0.2) is 35.7 Å². The van der Waals surface area contributed by atoms with E-state index >= 15 is 0 Å². The van der Waals surface area contributed by atoms with Crippen LogP contribution in [0.1, 0.15) is 16.1 Å². The minimum Gasteiger partial charge on any atom is -0.351 e. The van der Waals surface area contributed by atoms with Gasteiger partial charge in [-0.3, -0.25) is 9.59 Å². The average Bonchev–Trinajstić information content (AvgIpc) is 2.98. The van der Waals surface area contributed by atoms with Gasteiger partial charge in [-0.05, 0) is 23.6 Å². The largest absolute Gasteiger partial charge is 0.351 e. The molecule has 0 aliphatic rings. The van der Waals surface area contributed by atoms with Gasteiger partial charge in [0.05, 0.1) is 20.6 Å². The molecule has 0 radical (unpaired) electrons. The van der Waals surface area contributed by atoms with E-state index in [2.05, 4.69) is 10.6 Å². The Bertz CT molecular complexity index is 644. The second-order valence-corrected chi connectivity index (χ2v) is 5.87. The second kappa shape index (κ2) is 7.45. The van der Waals surface area contributed by atoms with Gasteiger partial charge < -0.3 is 10.6 Å². The third-order valence-electron chi connectivity index (χ3n) is 2.61. The van der Waals surface area contributed by atoms with E-state index in [0.717, 1.165) is 0 Å². The SMILES string of the molecule is O=C(CCNC(=O)c1cccs1)Nc1cccc(Cl)c1Cl. The highest BCUT2D eigenvalue weighted by molar-refractivity contribution is 7.12. The Hall–Kier alpha value is -1.56. The van der Waals surface area contributed by atoms with Crippen molar-refractivity contribution in [3.05, 3.63) is 50.6 Å². The Morgan fingerprint density at radius 3 is 2.67 bits per heavy atom. The summed E-state index contributed by atoms with van der Waals surface area (Å²) in [7, 11) is 0. The van der Waals surface area contributed by atoms with Crippen LogP contribution in [0.4, 0.5) is 5.69 Å². The van der Waals surface area contributed by atoms with E-state index in [9.17, 15) is 9.59 Å². The highest BCUT2D eigenvalue weighted by Gasteiger charge is 2.10. The highest BCUT2D eigenvalue weighted by Crippen LogP contribution is 2.29. The van der Waals surface area contributed by atoms with Crippen molar-refractivity contribution in [3.63, 3.8) is 0 Å². The quantitative estimate of drug-likeness (QED) is 0.867. The maximum Gasteiger partial charge on any atom is 0.261 e. The van der Waals surface area contributed by atoms with E-state index in [4.69, 9.17) is 23.2 Å². The predicted molar refractivity (Wildman–Crippen MR) is 86.4 cm³/mol. The molecule has 2 amide bonds. The first kappa shape index (κ1) is 15.8. The second-order valence-electron chi connectivity index (χ2n) is 4.13. The molecule has 0 aliphatic carbocycles. The Labute approximate surface area is 136 Å². The smallest absolute Gasteiger partial charge is 0.261 e. The molecule has 0 atom stereocenters. The fraction of sp³-hybridized carbons (Fsp3) is 0.143. The highest BCUT2D eigenvalue weighted by atomic mass is 35.5. The van der Waals surface area contributed by atoms with Crippen molar-refractivity contribution in [2.45, 2.75) is 6.42 Å². The minimum absolute atomic E-state index is 0.153. The molecular formula is C14H12Cl2N2O2S. The van der Waals surface area contributed by atoms with Gasteiger partial charge in [0.15, 0.2) is 0 Å². The van der Waals surface area contributed by atoms with Crippen molar-refractivity contribution >= 4 is 52.0 Å². The van der Waals surface area contributed by atoms with Gasteiger partial charge in [0.25, 0.3) is 5.91 Å². The average molecular weight is 343 g/mol. The van der Waals surface area contributed by atoms with Crippen LogP contribution in [0.25, 0.3) is 0 Å². The van der Waals surface area contributed by atoms with Crippen LogP contribution in [0, 0.1) is 0 Å². The van der Waals surface area contributed by atoms with Gasteiger partial charge in [0, 0.05) is 13.0 Å². The Balaban J connectivity index is 1.80. The maximum absolute atomic E-state index is 11.8. The van der Waals surface area contributed by atoms with Gasteiger partial charge in [-0.1, -0.05) is 35.3 Å². The number of rotatable bonds is 5. The number of carbonyl (C=O) groups excluding carboxylic acids is 2. The van der Waals surface area contributed by atoms with Crippen molar-refractivity contribution in [1.82, 2.24) is 5.32 Å². The van der Waals surface area contributed by atoms with Crippen LogP contribution in [0.2, 0.25) is 10.0 Å². The summed E-state index contributed by atoms with van der Waals surface area (Å²) in [5, 5.41) is 7.83. The molecule has 0 aliphatic heterocycles. The van der Waals surface area contributed by atoms with Gasteiger partial charge in [0.2, 0.25) is 5.91 Å². The Morgan fingerprint density at radius 1 is 1.14 bits per heavy atom. The van der Waals surface area contributed by atoms with Crippen molar-refractivity contribution in [2.24, 2.45) is 0 Å². The van der Waals surface area contributed by atoms with E-state index in [0.29, 0.717) is 20.6 Å². The standard InChI is InChI=1S/C14H12Cl2N2O2S/c15-9-3-1-4-10(13(9)16)18-12(19)6-7-17-14(20)11-5-2-8-21-11/h1-5,8H,6-7H2,(H,17,20)(H,18,19).